The summed E-state index contributed by atoms with van der Waals surface area (Å²) in [6.45, 7) is 2.66. The first-order valence-electron chi connectivity index (χ1n) is 8.66. The lowest BCUT2D eigenvalue weighted by atomic mass is 10.1. The second-order valence-corrected chi connectivity index (χ2v) is 6.90. The lowest BCUT2D eigenvalue weighted by Gasteiger charge is -2.05. The van der Waals surface area contributed by atoms with Gasteiger partial charge in [0.15, 0.2) is 4.80 Å². The molecule has 4 aromatic rings. The fraction of sp³-hybridized carbons (Fsp3) is 0.136. The van der Waals surface area contributed by atoms with Crippen LogP contribution in [0.15, 0.2) is 77.1 Å². The van der Waals surface area contributed by atoms with Crippen molar-refractivity contribution >= 4 is 44.8 Å². The first-order chi connectivity index (χ1) is 12.7. The van der Waals surface area contributed by atoms with Gasteiger partial charge in [0.1, 0.15) is 5.75 Å². The van der Waals surface area contributed by atoms with E-state index in [1.807, 2.05) is 31.2 Å². The van der Waals surface area contributed by atoms with E-state index in [9.17, 15) is 0 Å². The van der Waals surface area contributed by atoms with Gasteiger partial charge in [0.25, 0.3) is 0 Å². The van der Waals surface area contributed by atoms with E-state index in [0.717, 1.165) is 16.2 Å². The van der Waals surface area contributed by atoms with Crippen LogP contribution in [-0.2, 0) is 7.05 Å². The number of nitrogens with zero attached hydrogens (tertiary/aromatic N) is 2. The molecule has 0 amide bonds. The van der Waals surface area contributed by atoms with E-state index in [1.165, 1.54) is 22.0 Å². The molecule has 0 aliphatic heterocycles. The van der Waals surface area contributed by atoms with Crippen LogP contribution < -0.4 is 9.54 Å². The Kier molecular flexibility index (Phi) is 6.14. The minimum absolute atomic E-state index is 0. The zero-order valence-corrected chi connectivity index (χ0v) is 17.8. The fourth-order valence-corrected chi connectivity index (χ4v) is 3.90. The molecule has 0 aliphatic carbocycles. The number of halogens is 1. The number of ether oxygens (including phenoxy) is 1. The summed E-state index contributed by atoms with van der Waals surface area (Å²) in [5.41, 5.74) is 3.30. The Balaban J connectivity index is 0.00000210. The maximum atomic E-state index is 5.49. The Bertz CT molecular complexity index is 1110. The first-order valence-corrected chi connectivity index (χ1v) is 9.54. The van der Waals surface area contributed by atoms with E-state index < -0.39 is 0 Å². The third-order valence-electron chi connectivity index (χ3n) is 4.34. The highest BCUT2D eigenvalue weighted by molar-refractivity contribution is 8.93. The van der Waals surface area contributed by atoms with Gasteiger partial charge in [-0.15, -0.1) is 28.3 Å². The number of aromatic nitrogens is 1. The molecule has 3 nitrogen and oxygen atoms in total. The third-order valence-corrected chi connectivity index (χ3v) is 5.26. The molecule has 0 saturated heterocycles. The summed E-state index contributed by atoms with van der Waals surface area (Å²) >= 11 is 1.65. The summed E-state index contributed by atoms with van der Waals surface area (Å²) in [6.07, 6.45) is 0. The van der Waals surface area contributed by atoms with E-state index in [-0.39, 0.29) is 17.0 Å². The maximum absolute atomic E-state index is 5.49. The van der Waals surface area contributed by atoms with Gasteiger partial charge in [0, 0.05) is 12.4 Å². The van der Waals surface area contributed by atoms with Crippen LogP contribution in [0.25, 0.3) is 22.0 Å². The van der Waals surface area contributed by atoms with Crippen molar-refractivity contribution in [2.75, 3.05) is 6.61 Å². The second-order valence-electron chi connectivity index (χ2n) is 6.06. The van der Waals surface area contributed by atoms with E-state index in [0.29, 0.717) is 6.61 Å². The smallest absolute Gasteiger partial charge is 0.190 e. The first kappa shape index (κ1) is 19.4. The quantitative estimate of drug-likeness (QED) is 0.375. The maximum Gasteiger partial charge on any atom is 0.190 e. The molecule has 138 valence electrons. The molecule has 27 heavy (non-hydrogen) atoms. The Labute approximate surface area is 173 Å². The summed E-state index contributed by atoms with van der Waals surface area (Å²) in [5, 5.41) is 4.67. The Morgan fingerprint density at radius 2 is 1.70 bits per heavy atom. The van der Waals surface area contributed by atoms with E-state index >= 15 is 0 Å². The Hall–Kier alpha value is -2.37. The molecule has 0 spiro atoms. The summed E-state index contributed by atoms with van der Waals surface area (Å²) < 4.78 is 7.63. The van der Waals surface area contributed by atoms with Crippen LogP contribution in [0, 0.1) is 0 Å². The van der Waals surface area contributed by atoms with Crippen LogP contribution in [0.4, 0.5) is 5.69 Å². The van der Waals surface area contributed by atoms with Gasteiger partial charge in [-0.25, -0.2) is 4.99 Å². The molecule has 5 heteroatoms. The molecule has 0 fully saturated rings. The summed E-state index contributed by atoms with van der Waals surface area (Å²) in [7, 11) is 2.06. The van der Waals surface area contributed by atoms with Crippen LogP contribution in [0.5, 0.6) is 5.75 Å². The highest BCUT2D eigenvalue weighted by Gasteiger charge is 2.06. The van der Waals surface area contributed by atoms with Crippen molar-refractivity contribution in [3.8, 4) is 17.0 Å². The minimum atomic E-state index is 0. The van der Waals surface area contributed by atoms with E-state index in [2.05, 4.69) is 59.5 Å². The predicted molar refractivity (Wildman–Crippen MR) is 119 cm³/mol. The van der Waals surface area contributed by atoms with Gasteiger partial charge in [0.05, 0.1) is 18.0 Å². The van der Waals surface area contributed by atoms with Crippen LogP contribution in [-0.4, -0.2) is 11.2 Å². The molecule has 0 unspecified atom stereocenters. The summed E-state index contributed by atoms with van der Waals surface area (Å²) in [5.74, 6) is 0.874. The molecule has 4 rings (SSSR count). The summed E-state index contributed by atoms with van der Waals surface area (Å²) in [6, 6.07) is 22.9. The summed E-state index contributed by atoms with van der Waals surface area (Å²) in [4.78, 5) is 5.75. The number of thiazole rings is 1. The van der Waals surface area contributed by atoms with Crippen molar-refractivity contribution in [2.24, 2.45) is 12.0 Å². The normalized spacial score (nSPS) is 11.4. The van der Waals surface area contributed by atoms with Gasteiger partial charge in [0.2, 0.25) is 0 Å². The van der Waals surface area contributed by atoms with Crippen LogP contribution in [0.1, 0.15) is 6.92 Å². The lowest BCUT2D eigenvalue weighted by molar-refractivity contribution is 0.340. The molecular formula is C22H21BrN2OS. The largest absolute Gasteiger partial charge is 0.494 e. The Morgan fingerprint density at radius 1 is 0.963 bits per heavy atom. The van der Waals surface area contributed by atoms with Gasteiger partial charge in [-0.2, -0.15) is 0 Å². The number of hydrogen-bond acceptors (Lipinski definition) is 3. The topological polar surface area (TPSA) is 26.5 Å². The fourth-order valence-electron chi connectivity index (χ4n) is 2.98. The molecular weight excluding hydrogens is 420 g/mol. The number of benzene rings is 3. The molecule has 0 saturated carbocycles. The van der Waals surface area contributed by atoms with Crippen molar-refractivity contribution in [3.05, 3.63) is 76.9 Å². The molecule has 0 atom stereocenters. The molecule has 0 aliphatic rings. The molecule has 0 bridgehead atoms. The SMILES string of the molecule is Br.CCOc1ccc(N=c2scc(-c3ccc4ccccc4c3)n2C)cc1. The van der Waals surface area contributed by atoms with Gasteiger partial charge < -0.3 is 9.30 Å². The molecule has 3 aromatic carbocycles. The number of hydrogen-bond donors (Lipinski definition) is 0. The second kappa shape index (κ2) is 8.55. The highest BCUT2D eigenvalue weighted by atomic mass is 79.9. The number of fused-ring (bicyclic) bond motifs is 1. The average molecular weight is 441 g/mol. The average Bonchev–Trinajstić information content (AvgIpc) is 3.03. The third kappa shape index (κ3) is 4.15. The standard InChI is InChI=1S/C22H20N2OS.BrH/c1-3-25-20-12-10-19(11-13-20)23-22-24(2)21(15-26-22)18-9-8-16-6-4-5-7-17(16)14-18;/h4-15H,3H2,1-2H3;1H. The minimum Gasteiger partial charge on any atom is -0.494 e. The predicted octanol–water partition coefficient (Wildman–Crippen LogP) is 6.12. The van der Waals surface area contributed by atoms with Crippen molar-refractivity contribution in [3.63, 3.8) is 0 Å². The van der Waals surface area contributed by atoms with Crippen molar-refractivity contribution in [2.45, 2.75) is 6.92 Å². The van der Waals surface area contributed by atoms with Crippen LogP contribution >= 0.6 is 28.3 Å². The van der Waals surface area contributed by atoms with Gasteiger partial charge in [-0.05, 0) is 53.6 Å². The van der Waals surface area contributed by atoms with E-state index in [4.69, 9.17) is 9.73 Å². The van der Waals surface area contributed by atoms with Gasteiger partial charge in [-0.3, -0.25) is 0 Å². The lowest BCUT2D eigenvalue weighted by Crippen LogP contribution is -2.10. The Morgan fingerprint density at radius 3 is 2.44 bits per heavy atom. The number of rotatable bonds is 4. The zero-order chi connectivity index (χ0) is 17.9. The van der Waals surface area contributed by atoms with Crippen LogP contribution in [0.3, 0.4) is 0 Å². The van der Waals surface area contributed by atoms with Crippen LogP contribution in [0.2, 0.25) is 0 Å². The molecule has 1 heterocycles. The molecule has 1 aromatic heterocycles. The molecule has 0 N–H and O–H groups in total. The monoisotopic (exact) mass is 440 g/mol. The molecule has 0 radical (unpaired) electrons. The van der Waals surface area contributed by atoms with Crippen molar-refractivity contribution < 1.29 is 4.74 Å². The zero-order valence-electron chi connectivity index (χ0n) is 15.3. The highest BCUT2D eigenvalue weighted by Crippen LogP contribution is 2.25. The van der Waals surface area contributed by atoms with Crippen molar-refractivity contribution in [1.29, 1.82) is 0 Å². The van der Waals surface area contributed by atoms with Gasteiger partial charge >= 0.3 is 0 Å². The van der Waals surface area contributed by atoms with Crippen molar-refractivity contribution in [1.82, 2.24) is 4.57 Å². The van der Waals surface area contributed by atoms with Gasteiger partial charge in [-0.1, -0.05) is 36.4 Å². The van der Waals surface area contributed by atoms with E-state index in [1.54, 1.807) is 11.3 Å².